The molecule has 0 saturated carbocycles. The summed E-state index contributed by atoms with van der Waals surface area (Å²) >= 11 is 0. The Balaban J connectivity index is 1.60. The molecule has 1 saturated heterocycles. The van der Waals surface area contributed by atoms with Crippen molar-refractivity contribution in [2.75, 3.05) is 33.5 Å². The van der Waals surface area contributed by atoms with Crippen LogP contribution in [0, 0.1) is 0 Å². The van der Waals surface area contributed by atoms with Gasteiger partial charge >= 0.3 is 0 Å². The fraction of sp³-hybridized carbons (Fsp3) is 0.412. The van der Waals surface area contributed by atoms with Gasteiger partial charge in [-0.15, -0.1) is 0 Å². The summed E-state index contributed by atoms with van der Waals surface area (Å²) < 4.78 is 21.2. The van der Waals surface area contributed by atoms with Gasteiger partial charge in [-0.05, 0) is 24.3 Å². The first kappa shape index (κ1) is 17.2. The summed E-state index contributed by atoms with van der Waals surface area (Å²) in [6.45, 7) is 1.11. The first-order valence-corrected chi connectivity index (χ1v) is 7.92. The fourth-order valence-corrected chi connectivity index (χ4v) is 2.51. The maximum absolute atomic E-state index is 12.5. The summed E-state index contributed by atoms with van der Waals surface area (Å²) in [5, 5.41) is 9.36. The molecular weight excluding hydrogens is 328 g/mol. The molecule has 8 nitrogen and oxygen atoms in total. The van der Waals surface area contributed by atoms with Crippen molar-refractivity contribution in [3.05, 3.63) is 42.1 Å². The minimum atomic E-state index is -0.364. The van der Waals surface area contributed by atoms with Crippen LogP contribution in [-0.2, 0) is 11.3 Å². The van der Waals surface area contributed by atoms with Crippen molar-refractivity contribution in [1.29, 1.82) is 0 Å². The van der Waals surface area contributed by atoms with Crippen LogP contribution in [0.3, 0.4) is 0 Å². The summed E-state index contributed by atoms with van der Waals surface area (Å²) in [4.78, 5) is 18.2. The van der Waals surface area contributed by atoms with Crippen LogP contribution in [0.4, 0.5) is 0 Å². The maximum Gasteiger partial charge on any atom is 0.276 e. The van der Waals surface area contributed by atoms with Gasteiger partial charge in [-0.3, -0.25) is 4.79 Å². The fourth-order valence-electron chi connectivity index (χ4n) is 2.51. The predicted molar refractivity (Wildman–Crippen MR) is 86.6 cm³/mol. The lowest BCUT2D eigenvalue weighted by Gasteiger charge is -2.33. The van der Waals surface area contributed by atoms with Gasteiger partial charge in [0.25, 0.3) is 5.91 Å². The second kappa shape index (κ2) is 8.00. The van der Waals surface area contributed by atoms with Gasteiger partial charge in [-0.25, -0.2) is 4.98 Å². The average molecular weight is 348 g/mol. The number of morpholine rings is 1. The molecule has 0 bridgehead atoms. The minimum absolute atomic E-state index is 0.103. The van der Waals surface area contributed by atoms with Gasteiger partial charge in [-0.2, -0.15) is 0 Å². The first-order chi connectivity index (χ1) is 12.2. The molecule has 1 unspecified atom stereocenters. The van der Waals surface area contributed by atoms with Gasteiger partial charge in [0.05, 0.1) is 33.0 Å². The molecule has 1 fully saturated rings. The van der Waals surface area contributed by atoms with Crippen molar-refractivity contribution in [2.24, 2.45) is 0 Å². The quantitative estimate of drug-likeness (QED) is 0.835. The van der Waals surface area contributed by atoms with Crippen molar-refractivity contribution in [2.45, 2.75) is 12.6 Å². The molecule has 1 aromatic heterocycles. The van der Waals surface area contributed by atoms with E-state index >= 15 is 0 Å². The van der Waals surface area contributed by atoms with Crippen LogP contribution in [-0.4, -0.2) is 60.4 Å². The van der Waals surface area contributed by atoms with Crippen LogP contribution in [0.15, 0.2) is 34.9 Å². The monoisotopic (exact) mass is 348 g/mol. The lowest BCUT2D eigenvalue weighted by Crippen LogP contribution is -2.50. The van der Waals surface area contributed by atoms with Gasteiger partial charge < -0.3 is 28.6 Å². The Morgan fingerprint density at radius 3 is 2.84 bits per heavy atom. The molecule has 25 heavy (non-hydrogen) atoms. The third-order valence-electron chi connectivity index (χ3n) is 3.89. The number of rotatable bonds is 6. The number of benzene rings is 1. The number of ether oxygens (including phenoxy) is 3. The number of aromatic nitrogens is 1. The van der Waals surface area contributed by atoms with Crippen molar-refractivity contribution in [3.8, 4) is 11.5 Å². The molecule has 8 heteroatoms. The standard InChI is InChI=1S/C17H20N2O6/c1-22-13-2-4-14(5-3-13)24-11-16-18-15(10-25-16)17(21)19-6-7-23-9-12(19)8-20/h2-5,10,12,20H,6-9,11H2,1H3. The van der Waals surface area contributed by atoms with Crippen molar-refractivity contribution < 1.29 is 28.5 Å². The zero-order chi connectivity index (χ0) is 17.6. The van der Waals surface area contributed by atoms with Gasteiger partial charge in [0.2, 0.25) is 5.89 Å². The van der Waals surface area contributed by atoms with Crippen LogP contribution in [0.1, 0.15) is 16.4 Å². The Morgan fingerprint density at radius 2 is 2.12 bits per heavy atom. The second-order valence-corrected chi connectivity index (χ2v) is 5.50. The highest BCUT2D eigenvalue weighted by molar-refractivity contribution is 5.92. The average Bonchev–Trinajstić information content (AvgIpc) is 3.15. The van der Waals surface area contributed by atoms with Crippen LogP contribution in [0.5, 0.6) is 11.5 Å². The Labute approximate surface area is 144 Å². The van der Waals surface area contributed by atoms with Crippen molar-refractivity contribution in [3.63, 3.8) is 0 Å². The topological polar surface area (TPSA) is 94.3 Å². The highest BCUT2D eigenvalue weighted by atomic mass is 16.5. The molecule has 1 aliphatic heterocycles. The van der Waals surface area contributed by atoms with Gasteiger partial charge in [-0.1, -0.05) is 0 Å². The molecular formula is C17H20N2O6. The number of hydrogen-bond donors (Lipinski definition) is 1. The molecule has 1 aliphatic rings. The van der Waals surface area contributed by atoms with Crippen molar-refractivity contribution >= 4 is 5.91 Å². The van der Waals surface area contributed by atoms with E-state index < -0.39 is 0 Å². The number of amides is 1. The Kier molecular flexibility index (Phi) is 5.52. The molecule has 2 heterocycles. The zero-order valence-corrected chi connectivity index (χ0v) is 13.9. The molecule has 0 aliphatic carbocycles. The molecule has 0 radical (unpaired) electrons. The first-order valence-electron chi connectivity index (χ1n) is 7.92. The largest absolute Gasteiger partial charge is 0.497 e. The van der Waals surface area contributed by atoms with E-state index in [4.69, 9.17) is 18.6 Å². The molecule has 3 rings (SSSR count). The van der Waals surface area contributed by atoms with Crippen LogP contribution < -0.4 is 9.47 Å². The number of methoxy groups -OCH3 is 1. The van der Waals surface area contributed by atoms with Crippen LogP contribution in [0.25, 0.3) is 0 Å². The Bertz CT molecular complexity index is 699. The summed E-state index contributed by atoms with van der Waals surface area (Å²) in [6.07, 6.45) is 1.30. The summed E-state index contributed by atoms with van der Waals surface area (Å²) in [5.74, 6) is 1.38. The number of aliphatic hydroxyl groups excluding tert-OH is 1. The molecule has 2 aromatic rings. The summed E-state index contributed by atoms with van der Waals surface area (Å²) in [7, 11) is 1.59. The molecule has 1 amide bonds. The van der Waals surface area contributed by atoms with Crippen LogP contribution in [0.2, 0.25) is 0 Å². The van der Waals surface area contributed by atoms with E-state index in [0.717, 1.165) is 5.75 Å². The van der Waals surface area contributed by atoms with E-state index in [1.165, 1.54) is 6.26 Å². The minimum Gasteiger partial charge on any atom is -0.497 e. The smallest absolute Gasteiger partial charge is 0.276 e. The SMILES string of the molecule is COc1ccc(OCc2nc(C(=O)N3CCOCC3CO)co2)cc1. The van der Waals surface area contributed by atoms with E-state index in [9.17, 15) is 9.90 Å². The predicted octanol–water partition coefficient (Wildman–Crippen LogP) is 1.10. The highest BCUT2D eigenvalue weighted by Crippen LogP contribution is 2.18. The third-order valence-corrected chi connectivity index (χ3v) is 3.89. The number of oxazole rings is 1. The summed E-state index contributed by atoms with van der Waals surface area (Å²) in [5.41, 5.74) is 0.189. The molecule has 0 spiro atoms. The third kappa shape index (κ3) is 4.09. The lowest BCUT2D eigenvalue weighted by atomic mass is 10.2. The number of carbonyl (C=O) groups excluding carboxylic acids is 1. The van der Waals surface area contributed by atoms with Gasteiger partial charge in [0.1, 0.15) is 17.8 Å². The lowest BCUT2D eigenvalue weighted by molar-refractivity contribution is -0.0186. The van der Waals surface area contributed by atoms with Crippen molar-refractivity contribution in [1.82, 2.24) is 9.88 Å². The summed E-state index contributed by atoms with van der Waals surface area (Å²) in [6, 6.07) is 6.75. The molecule has 1 N–H and O–H groups in total. The van der Waals surface area contributed by atoms with E-state index in [-0.39, 0.29) is 30.9 Å². The number of hydrogen-bond acceptors (Lipinski definition) is 7. The second-order valence-electron chi connectivity index (χ2n) is 5.50. The highest BCUT2D eigenvalue weighted by Gasteiger charge is 2.29. The molecule has 1 aromatic carbocycles. The van der Waals surface area contributed by atoms with Crippen LogP contribution >= 0.6 is 0 Å². The van der Waals surface area contributed by atoms with E-state index in [0.29, 0.717) is 31.4 Å². The molecule has 1 atom stereocenters. The van der Waals surface area contributed by atoms with E-state index in [2.05, 4.69) is 4.98 Å². The van der Waals surface area contributed by atoms with E-state index in [1.807, 2.05) is 0 Å². The number of nitrogens with zero attached hydrogens (tertiary/aromatic N) is 2. The van der Waals surface area contributed by atoms with Gasteiger partial charge in [0.15, 0.2) is 12.3 Å². The number of aliphatic hydroxyl groups is 1. The Morgan fingerprint density at radius 1 is 1.36 bits per heavy atom. The maximum atomic E-state index is 12.5. The molecule has 134 valence electrons. The number of carbonyl (C=O) groups is 1. The zero-order valence-electron chi connectivity index (χ0n) is 13.9. The Hall–Kier alpha value is -2.58. The van der Waals surface area contributed by atoms with E-state index in [1.54, 1.807) is 36.3 Å². The normalized spacial score (nSPS) is 17.4. The van der Waals surface area contributed by atoms with Gasteiger partial charge in [0, 0.05) is 6.54 Å².